The minimum atomic E-state index is -3.04. The van der Waals surface area contributed by atoms with Gasteiger partial charge >= 0.3 is 0 Å². The van der Waals surface area contributed by atoms with Gasteiger partial charge in [-0.25, -0.2) is 8.42 Å². The van der Waals surface area contributed by atoms with Crippen molar-refractivity contribution in [3.63, 3.8) is 0 Å². The molecule has 94 valence electrons. The van der Waals surface area contributed by atoms with Crippen molar-refractivity contribution in [3.8, 4) is 5.75 Å². The molecular weight excluding hydrogens is 248 g/mol. The number of sulfone groups is 1. The minimum Gasteiger partial charge on any atom is -0.482 e. The molecule has 1 atom stereocenters. The van der Waals surface area contributed by atoms with Crippen LogP contribution in [0.5, 0.6) is 5.75 Å². The molecule has 1 aliphatic rings. The quantitative estimate of drug-likeness (QED) is 0.801. The smallest absolute Gasteiger partial charge is 0.227 e. The molecule has 0 aromatic carbocycles. The van der Waals surface area contributed by atoms with Crippen LogP contribution in [0.3, 0.4) is 0 Å². The largest absolute Gasteiger partial charge is 0.482 e. The highest BCUT2D eigenvalue weighted by atomic mass is 32.2. The SMILES string of the molecule is O=c1cc(CO)occ1OC1CCS(=O)(=O)C1. The third-order valence-corrected chi connectivity index (χ3v) is 4.23. The fraction of sp³-hybridized carbons (Fsp3) is 0.500. The van der Waals surface area contributed by atoms with Crippen molar-refractivity contribution in [2.45, 2.75) is 19.1 Å². The molecular formula is C10H12O6S. The molecule has 1 saturated heterocycles. The fourth-order valence-corrected chi connectivity index (χ4v) is 3.23. The molecule has 1 aromatic rings. The summed E-state index contributed by atoms with van der Waals surface area (Å²) >= 11 is 0. The molecule has 0 bridgehead atoms. The predicted molar refractivity (Wildman–Crippen MR) is 58.6 cm³/mol. The Kier molecular flexibility index (Phi) is 3.21. The van der Waals surface area contributed by atoms with E-state index in [1.807, 2.05) is 0 Å². The Labute approximate surface area is 97.7 Å². The van der Waals surface area contributed by atoms with Crippen LogP contribution < -0.4 is 10.2 Å². The number of hydrogen-bond acceptors (Lipinski definition) is 6. The van der Waals surface area contributed by atoms with Gasteiger partial charge in [0.2, 0.25) is 11.2 Å². The van der Waals surface area contributed by atoms with Crippen molar-refractivity contribution in [1.29, 1.82) is 0 Å². The topological polar surface area (TPSA) is 93.8 Å². The van der Waals surface area contributed by atoms with Gasteiger partial charge in [0.25, 0.3) is 0 Å². The van der Waals surface area contributed by atoms with Gasteiger partial charge in [-0.2, -0.15) is 0 Å². The summed E-state index contributed by atoms with van der Waals surface area (Å²) in [6.45, 7) is -0.368. The zero-order valence-electron chi connectivity index (χ0n) is 8.96. The number of aliphatic hydroxyl groups is 1. The Morgan fingerprint density at radius 3 is 2.82 bits per heavy atom. The maximum absolute atomic E-state index is 11.5. The molecule has 7 heteroatoms. The summed E-state index contributed by atoms with van der Waals surface area (Å²) in [7, 11) is -3.04. The molecule has 0 saturated carbocycles. The maximum atomic E-state index is 11.5. The van der Waals surface area contributed by atoms with Gasteiger partial charge in [-0.05, 0) is 6.42 Å². The van der Waals surface area contributed by atoms with Crippen LogP contribution in [0, 0.1) is 0 Å². The number of aliphatic hydroxyl groups excluding tert-OH is 1. The van der Waals surface area contributed by atoms with Gasteiger partial charge in [-0.1, -0.05) is 0 Å². The molecule has 6 nitrogen and oxygen atoms in total. The van der Waals surface area contributed by atoms with Gasteiger partial charge in [0, 0.05) is 6.07 Å². The van der Waals surface area contributed by atoms with Crippen molar-refractivity contribution in [2.75, 3.05) is 11.5 Å². The first kappa shape index (κ1) is 12.1. The standard InChI is InChI=1S/C10H12O6S/c11-4-8-3-9(12)10(5-15-8)16-7-1-2-17(13,14)6-7/h3,5,7,11H,1-2,4,6H2. The summed E-state index contributed by atoms with van der Waals surface area (Å²) in [5.74, 6) is 0.122. The highest BCUT2D eigenvalue weighted by molar-refractivity contribution is 7.91. The first-order valence-electron chi connectivity index (χ1n) is 5.10. The Morgan fingerprint density at radius 2 is 2.29 bits per heavy atom. The maximum Gasteiger partial charge on any atom is 0.227 e. The summed E-state index contributed by atoms with van der Waals surface area (Å²) in [5.41, 5.74) is -0.426. The van der Waals surface area contributed by atoms with Gasteiger partial charge in [0.1, 0.15) is 24.7 Å². The zero-order chi connectivity index (χ0) is 12.5. The first-order chi connectivity index (χ1) is 8.00. The Bertz CT molecular complexity index is 558. The second kappa shape index (κ2) is 4.50. The van der Waals surface area contributed by atoms with Crippen molar-refractivity contribution in [3.05, 3.63) is 28.3 Å². The van der Waals surface area contributed by atoms with Crippen molar-refractivity contribution in [2.24, 2.45) is 0 Å². The Morgan fingerprint density at radius 1 is 1.53 bits per heavy atom. The van der Waals surface area contributed by atoms with Gasteiger partial charge in [0.15, 0.2) is 9.84 Å². The molecule has 1 N–H and O–H groups in total. The van der Waals surface area contributed by atoms with Crippen molar-refractivity contribution >= 4 is 9.84 Å². The van der Waals surface area contributed by atoms with Crippen LogP contribution in [-0.2, 0) is 16.4 Å². The second-order valence-electron chi connectivity index (χ2n) is 3.88. The average Bonchev–Trinajstić information content (AvgIpc) is 2.61. The monoisotopic (exact) mass is 260 g/mol. The summed E-state index contributed by atoms with van der Waals surface area (Å²) < 4.78 is 32.6. The summed E-state index contributed by atoms with van der Waals surface area (Å²) in [6.07, 6.45) is 0.977. The number of ether oxygens (including phenoxy) is 1. The van der Waals surface area contributed by atoms with E-state index in [1.165, 1.54) is 0 Å². The summed E-state index contributed by atoms with van der Waals surface area (Å²) in [6, 6.07) is 1.12. The average molecular weight is 260 g/mol. The molecule has 0 radical (unpaired) electrons. The van der Waals surface area contributed by atoms with Gasteiger partial charge in [-0.15, -0.1) is 0 Å². The Balaban J connectivity index is 2.12. The van der Waals surface area contributed by atoms with Crippen molar-refractivity contribution in [1.82, 2.24) is 0 Å². The fourth-order valence-electron chi connectivity index (χ4n) is 1.64. The molecule has 1 aromatic heterocycles. The van der Waals surface area contributed by atoms with Crippen LogP contribution >= 0.6 is 0 Å². The summed E-state index contributed by atoms with van der Waals surface area (Å²) in [5, 5.41) is 8.75. The molecule has 17 heavy (non-hydrogen) atoms. The summed E-state index contributed by atoms with van der Waals surface area (Å²) in [4.78, 5) is 11.5. The van der Waals surface area contributed by atoms with Crippen LogP contribution in [0.2, 0.25) is 0 Å². The van der Waals surface area contributed by atoms with E-state index < -0.39 is 21.4 Å². The van der Waals surface area contributed by atoms with Crippen LogP contribution in [0.15, 0.2) is 21.5 Å². The van der Waals surface area contributed by atoms with Crippen LogP contribution in [0.4, 0.5) is 0 Å². The van der Waals surface area contributed by atoms with Crippen molar-refractivity contribution < 1.29 is 22.7 Å². The van der Waals surface area contributed by atoms with Crippen LogP contribution in [0.1, 0.15) is 12.2 Å². The number of hydrogen-bond donors (Lipinski definition) is 1. The zero-order valence-corrected chi connectivity index (χ0v) is 9.77. The lowest BCUT2D eigenvalue weighted by atomic mass is 10.3. The Hall–Kier alpha value is -1.34. The second-order valence-corrected chi connectivity index (χ2v) is 6.10. The third kappa shape index (κ3) is 2.86. The third-order valence-electron chi connectivity index (χ3n) is 2.49. The van der Waals surface area contributed by atoms with Crippen LogP contribution in [-0.4, -0.2) is 31.1 Å². The molecule has 1 aliphatic heterocycles. The molecule has 1 unspecified atom stereocenters. The lowest BCUT2D eigenvalue weighted by Gasteiger charge is -2.10. The van der Waals surface area contributed by atoms with Gasteiger partial charge < -0.3 is 14.3 Å². The molecule has 0 spiro atoms. The highest BCUT2D eigenvalue weighted by Crippen LogP contribution is 2.17. The van der Waals surface area contributed by atoms with E-state index in [0.717, 1.165) is 12.3 Å². The molecule has 0 amide bonds. The van der Waals surface area contributed by atoms with E-state index in [1.54, 1.807) is 0 Å². The number of rotatable bonds is 3. The molecule has 0 aliphatic carbocycles. The minimum absolute atomic E-state index is 0.0238. The van der Waals surface area contributed by atoms with Crippen LogP contribution in [0.25, 0.3) is 0 Å². The van der Waals surface area contributed by atoms with E-state index in [9.17, 15) is 13.2 Å². The van der Waals surface area contributed by atoms with E-state index >= 15 is 0 Å². The van der Waals surface area contributed by atoms with E-state index in [0.29, 0.717) is 6.42 Å². The molecule has 1 fully saturated rings. The first-order valence-corrected chi connectivity index (χ1v) is 6.92. The van der Waals surface area contributed by atoms with E-state index in [-0.39, 0.29) is 29.6 Å². The van der Waals surface area contributed by atoms with E-state index in [4.69, 9.17) is 14.3 Å². The van der Waals surface area contributed by atoms with Gasteiger partial charge in [-0.3, -0.25) is 4.79 Å². The molecule has 2 rings (SSSR count). The lowest BCUT2D eigenvalue weighted by Crippen LogP contribution is -2.21. The predicted octanol–water partition coefficient (Wildman–Crippen LogP) is -0.302. The molecule has 2 heterocycles. The van der Waals surface area contributed by atoms with E-state index in [2.05, 4.69) is 0 Å². The highest BCUT2D eigenvalue weighted by Gasteiger charge is 2.30. The van der Waals surface area contributed by atoms with Gasteiger partial charge in [0.05, 0.1) is 11.5 Å². The lowest BCUT2D eigenvalue weighted by molar-refractivity contribution is 0.210. The normalized spacial score (nSPS) is 22.5.